The van der Waals surface area contributed by atoms with Crippen molar-refractivity contribution in [1.29, 1.82) is 0 Å². The van der Waals surface area contributed by atoms with Gasteiger partial charge in [-0.3, -0.25) is 29.4 Å². The number of nitro benzene ring substituents is 1. The second-order valence-electron chi connectivity index (χ2n) is 7.88. The van der Waals surface area contributed by atoms with Crippen LogP contribution in [0.15, 0.2) is 53.4 Å². The first kappa shape index (κ1) is 24.2. The van der Waals surface area contributed by atoms with Gasteiger partial charge in [-0.05, 0) is 31.5 Å². The molecule has 1 N–H and O–H groups in total. The number of likely N-dealkylation sites (tertiary alicyclic amines) is 1. The third kappa shape index (κ3) is 5.49. The molecule has 2 aromatic rings. The Bertz CT molecular complexity index is 1180. The number of rotatable bonds is 9. The normalized spacial score (nSPS) is 16.0. The van der Waals surface area contributed by atoms with Crippen LogP contribution in [0.1, 0.15) is 36.9 Å². The van der Waals surface area contributed by atoms with Crippen molar-refractivity contribution in [1.82, 2.24) is 9.62 Å². The highest BCUT2D eigenvalue weighted by atomic mass is 32.2. The Balaban J connectivity index is 2.03. The number of hydrogen-bond donors (Lipinski definition) is 1. The van der Waals surface area contributed by atoms with Gasteiger partial charge in [0.25, 0.3) is 5.69 Å². The molecule has 1 fully saturated rings. The molecule has 0 spiro atoms. The topological polar surface area (TPSA) is 144 Å². The number of carbonyl (C=O) groups excluding carboxylic acids is 3. The predicted octanol–water partition coefficient (Wildman–Crippen LogP) is 2.28. The molecule has 11 heteroatoms. The maximum absolute atomic E-state index is 13.1. The van der Waals surface area contributed by atoms with E-state index in [0.29, 0.717) is 0 Å². The first-order valence-electron chi connectivity index (χ1n) is 10.2. The van der Waals surface area contributed by atoms with Crippen LogP contribution >= 0.6 is 0 Å². The first-order valence-corrected chi connectivity index (χ1v) is 11.6. The molecular formula is C22H23N3O7S. The lowest BCUT2D eigenvalue weighted by atomic mass is 9.90. The van der Waals surface area contributed by atoms with Crippen molar-refractivity contribution in [2.75, 3.05) is 6.54 Å². The zero-order valence-electron chi connectivity index (χ0n) is 18.1. The SMILES string of the molecule is CC(=O)[C@H](CN1C(=O)CCC1=O)[C@H](NS(=O)(=O)c1ccc(C)cc1)c1ccc([N+](=O)[O-])cc1. The van der Waals surface area contributed by atoms with E-state index in [1.54, 1.807) is 19.1 Å². The molecule has 0 saturated carbocycles. The highest BCUT2D eigenvalue weighted by Gasteiger charge is 2.38. The maximum atomic E-state index is 13.1. The summed E-state index contributed by atoms with van der Waals surface area (Å²) in [6, 6.07) is 10.0. The summed E-state index contributed by atoms with van der Waals surface area (Å²) in [6.45, 7) is 2.75. The Hall–Kier alpha value is -3.44. The predicted molar refractivity (Wildman–Crippen MR) is 117 cm³/mol. The number of sulfonamides is 1. The Morgan fingerprint density at radius 3 is 2.09 bits per heavy atom. The minimum Gasteiger partial charge on any atom is -0.300 e. The van der Waals surface area contributed by atoms with Crippen molar-refractivity contribution in [3.8, 4) is 0 Å². The smallest absolute Gasteiger partial charge is 0.269 e. The van der Waals surface area contributed by atoms with Crippen molar-refractivity contribution in [2.24, 2.45) is 5.92 Å². The molecule has 2 atom stereocenters. The number of hydrogen-bond acceptors (Lipinski definition) is 7. The van der Waals surface area contributed by atoms with Crippen molar-refractivity contribution >= 4 is 33.3 Å². The summed E-state index contributed by atoms with van der Waals surface area (Å²) in [5.41, 5.74) is 0.937. The minimum absolute atomic E-state index is 0.0285. The number of ketones is 1. The van der Waals surface area contributed by atoms with E-state index in [1.165, 1.54) is 43.3 Å². The van der Waals surface area contributed by atoms with Gasteiger partial charge in [0.1, 0.15) is 5.78 Å². The number of nitrogens with zero attached hydrogens (tertiary/aromatic N) is 2. The number of benzene rings is 2. The molecule has 0 aliphatic carbocycles. The highest BCUT2D eigenvalue weighted by molar-refractivity contribution is 7.89. The van der Waals surface area contributed by atoms with Gasteiger partial charge in [-0.15, -0.1) is 0 Å². The summed E-state index contributed by atoms with van der Waals surface area (Å²) in [4.78, 5) is 48.2. The zero-order chi connectivity index (χ0) is 24.3. The molecule has 1 aliphatic rings. The van der Waals surface area contributed by atoms with Gasteiger partial charge >= 0.3 is 0 Å². The van der Waals surface area contributed by atoms with Crippen LogP contribution in [-0.2, 0) is 24.4 Å². The summed E-state index contributed by atoms with van der Waals surface area (Å²) in [7, 11) is -4.11. The summed E-state index contributed by atoms with van der Waals surface area (Å²) in [5.74, 6) is -2.42. The largest absolute Gasteiger partial charge is 0.300 e. The van der Waals surface area contributed by atoms with E-state index < -0.39 is 44.5 Å². The van der Waals surface area contributed by atoms with Crippen LogP contribution in [0.25, 0.3) is 0 Å². The lowest BCUT2D eigenvalue weighted by molar-refractivity contribution is -0.384. The van der Waals surface area contributed by atoms with E-state index in [0.717, 1.165) is 10.5 Å². The molecule has 0 aromatic heterocycles. The fourth-order valence-electron chi connectivity index (χ4n) is 3.63. The molecule has 2 amide bonds. The van der Waals surface area contributed by atoms with E-state index in [1.807, 2.05) is 0 Å². The Kier molecular flexibility index (Phi) is 7.04. The molecule has 10 nitrogen and oxygen atoms in total. The quantitative estimate of drug-likeness (QED) is 0.334. The molecule has 1 heterocycles. The maximum Gasteiger partial charge on any atom is 0.269 e. The Labute approximate surface area is 190 Å². The van der Waals surface area contributed by atoms with Crippen LogP contribution < -0.4 is 4.72 Å². The van der Waals surface area contributed by atoms with E-state index in [4.69, 9.17) is 0 Å². The number of nitro groups is 1. The second-order valence-corrected chi connectivity index (χ2v) is 9.59. The van der Waals surface area contributed by atoms with Crippen LogP contribution in [0.4, 0.5) is 5.69 Å². The van der Waals surface area contributed by atoms with E-state index in [2.05, 4.69) is 4.72 Å². The summed E-state index contributed by atoms with van der Waals surface area (Å²) in [6.07, 6.45) is 0.0570. The number of Topliss-reactive ketones (excluding diaryl/α,β-unsaturated/α-hetero) is 1. The number of aryl methyl sites for hydroxylation is 1. The van der Waals surface area contributed by atoms with E-state index in [9.17, 15) is 32.9 Å². The second kappa shape index (κ2) is 9.59. The number of non-ortho nitro benzene ring substituents is 1. The summed E-state index contributed by atoms with van der Waals surface area (Å²) in [5, 5.41) is 11.0. The molecule has 0 unspecified atom stereocenters. The van der Waals surface area contributed by atoms with Crippen LogP contribution in [0.5, 0.6) is 0 Å². The van der Waals surface area contributed by atoms with E-state index >= 15 is 0 Å². The fourth-order valence-corrected chi connectivity index (χ4v) is 4.90. The average molecular weight is 474 g/mol. The standard InChI is InChI=1S/C22H23N3O7S/c1-14-3-9-18(10-4-14)33(31,32)23-22(16-5-7-17(8-6-16)25(29)30)19(15(2)26)13-24-20(27)11-12-21(24)28/h3-10,19,22-23H,11-13H2,1-2H3/t19-,22+/m0/s1. The number of carbonyl (C=O) groups is 3. The molecule has 1 aliphatic heterocycles. The summed E-state index contributed by atoms with van der Waals surface area (Å²) < 4.78 is 28.7. The Morgan fingerprint density at radius 1 is 1.06 bits per heavy atom. The number of amides is 2. The van der Waals surface area contributed by atoms with Crippen molar-refractivity contribution in [2.45, 2.75) is 37.6 Å². The molecular weight excluding hydrogens is 450 g/mol. The third-order valence-corrected chi connectivity index (χ3v) is 6.99. The number of nitrogens with one attached hydrogen (secondary N) is 1. The monoisotopic (exact) mass is 473 g/mol. The lowest BCUT2D eigenvalue weighted by Gasteiger charge is -2.29. The fraction of sp³-hybridized carbons (Fsp3) is 0.318. The average Bonchev–Trinajstić information content (AvgIpc) is 3.08. The van der Waals surface area contributed by atoms with Crippen LogP contribution in [0.3, 0.4) is 0 Å². The van der Waals surface area contributed by atoms with Crippen molar-refractivity contribution in [3.05, 3.63) is 69.8 Å². The molecule has 0 bridgehead atoms. The van der Waals surface area contributed by atoms with Gasteiger partial charge in [-0.25, -0.2) is 13.1 Å². The van der Waals surface area contributed by atoms with Gasteiger partial charge in [0.15, 0.2) is 0 Å². The van der Waals surface area contributed by atoms with Gasteiger partial charge in [0.05, 0.1) is 21.8 Å². The molecule has 2 aromatic carbocycles. The van der Waals surface area contributed by atoms with Gasteiger partial charge in [0.2, 0.25) is 21.8 Å². The minimum atomic E-state index is -4.11. The van der Waals surface area contributed by atoms with Crippen molar-refractivity contribution in [3.63, 3.8) is 0 Å². The molecule has 1 saturated heterocycles. The van der Waals surface area contributed by atoms with Crippen LogP contribution in [-0.4, -0.2) is 42.4 Å². The lowest BCUT2D eigenvalue weighted by Crippen LogP contribution is -2.44. The Morgan fingerprint density at radius 2 is 1.61 bits per heavy atom. The molecule has 3 rings (SSSR count). The van der Waals surface area contributed by atoms with Gasteiger partial charge in [-0.2, -0.15) is 0 Å². The van der Waals surface area contributed by atoms with Crippen molar-refractivity contribution < 1.29 is 27.7 Å². The van der Waals surface area contributed by atoms with Gasteiger partial charge in [-0.1, -0.05) is 29.8 Å². The highest BCUT2D eigenvalue weighted by Crippen LogP contribution is 2.29. The molecule has 174 valence electrons. The molecule has 0 radical (unpaired) electrons. The van der Waals surface area contributed by atoms with Crippen LogP contribution in [0, 0.1) is 23.0 Å². The van der Waals surface area contributed by atoms with Gasteiger partial charge < -0.3 is 0 Å². The van der Waals surface area contributed by atoms with Gasteiger partial charge in [0, 0.05) is 31.5 Å². The van der Waals surface area contributed by atoms with Crippen LogP contribution in [0.2, 0.25) is 0 Å². The first-order chi connectivity index (χ1) is 15.5. The zero-order valence-corrected chi connectivity index (χ0v) is 18.9. The van der Waals surface area contributed by atoms with E-state index in [-0.39, 0.29) is 35.5 Å². The third-order valence-electron chi connectivity index (χ3n) is 5.54. The molecule has 33 heavy (non-hydrogen) atoms. The summed E-state index contributed by atoms with van der Waals surface area (Å²) >= 11 is 0. The number of imide groups is 1.